The van der Waals surface area contributed by atoms with Gasteiger partial charge in [0.1, 0.15) is 5.72 Å². The first-order valence-corrected chi connectivity index (χ1v) is 5.10. The van der Waals surface area contributed by atoms with Crippen LogP contribution in [0, 0.1) is 5.92 Å². The molecular weight excluding hydrogens is 185 g/mol. The lowest BCUT2D eigenvalue weighted by atomic mass is 9.97. The number of ether oxygens (including phenoxy) is 1. The van der Waals surface area contributed by atoms with Gasteiger partial charge in [0, 0.05) is 5.92 Å². The van der Waals surface area contributed by atoms with Gasteiger partial charge in [0.25, 0.3) is 5.91 Å². The summed E-state index contributed by atoms with van der Waals surface area (Å²) >= 11 is 0. The van der Waals surface area contributed by atoms with E-state index in [-0.39, 0.29) is 12.0 Å². The Morgan fingerprint density at radius 3 is 2.86 bits per heavy atom. The molecule has 0 spiro atoms. The summed E-state index contributed by atoms with van der Waals surface area (Å²) in [6.07, 6.45) is -0.638. The molecule has 0 saturated carbocycles. The average molecular weight is 201 g/mol. The molecule has 2 rings (SSSR count). The number of carbonyl (C=O) groups is 1. The molecule has 1 amide bonds. The summed E-state index contributed by atoms with van der Waals surface area (Å²) in [4.78, 5) is 13.2. The topological polar surface area (TPSA) is 29.5 Å². The van der Waals surface area contributed by atoms with Crippen LogP contribution in [0.1, 0.15) is 27.2 Å². The number of alkyl halides is 1. The molecule has 0 aliphatic carbocycles. The first-order chi connectivity index (χ1) is 6.49. The molecule has 2 saturated heterocycles. The predicted molar refractivity (Wildman–Crippen MR) is 49.3 cm³/mol. The maximum atomic E-state index is 13.6. The first kappa shape index (κ1) is 9.90. The lowest BCUT2D eigenvalue weighted by Gasteiger charge is -2.29. The minimum Gasteiger partial charge on any atom is -0.354 e. The first-order valence-electron chi connectivity index (χ1n) is 5.10. The number of halogens is 1. The summed E-state index contributed by atoms with van der Waals surface area (Å²) in [7, 11) is 0. The van der Waals surface area contributed by atoms with E-state index in [1.165, 1.54) is 0 Å². The molecule has 2 heterocycles. The molecule has 0 N–H and O–H groups in total. The number of amides is 1. The van der Waals surface area contributed by atoms with Gasteiger partial charge in [-0.05, 0) is 20.3 Å². The van der Waals surface area contributed by atoms with Crippen molar-refractivity contribution < 1.29 is 13.9 Å². The average Bonchev–Trinajstić information content (AvgIpc) is 2.53. The zero-order chi connectivity index (χ0) is 10.5. The number of carbonyl (C=O) groups excluding carboxylic acids is 1. The third-order valence-corrected chi connectivity index (χ3v) is 3.33. The van der Waals surface area contributed by atoms with Gasteiger partial charge in [0.15, 0.2) is 6.17 Å². The maximum Gasteiger partial charge on any atom is 0.260 e. The molecule has 2 aliphatic heterocycles. The third kappa shape index (κ3) is 1.10. The van der Waals surface area contributed by atoms with Crippen LogP contribution in [0.4, 0.5) is 4.39 Å². The van der Waals surface area contributed by atoms with Gasteiger partial charge in [-0.3, -0.25) is 4.79 Å². The van der Waals surface area contributed by atoms with Crippen LogP contribution in [0.25, 0.3) is 0 Å². The largest absolute Gasteiger partial charge is 0.354 e. The Kier molecular flexibility index (Phi) is 2.07. The predicted octanol–water partition coefficient (Wildman–Crippen LogP) is 1.33. The minimum absolute atomic E-state index is 0.0579. The van der Waals surface area contributed by atoms with Crippen molar-refractivity contribution in [2.24, 2.45) is 5.92 Å². The Morgan fingerprint density at radius 1 is 1.64 bits per heavy atom. The van der Waals surface area contributed by atoms with E-state index in [4.69, 9.17) is 4.74 Å². The molecule has 80 valence electrons. The molecule has 2 unspecified atom stereocenters. The Hall–Kier alpha value is -0.640. The van der Waals surface area contributed by atoms with Crippen molar-refractivity contribution in [3.05, 3.63) is 0 Å². The fourth-order valence-electron chi connectivity index (χ4n) is 2.57. The quantitative estimate of drug-likeness (QED) is 0.640. The van der Waals surface area contributed by atoms with E-state index >= 15 is 0 Å². The zero-order valence-corrected chi connectivity index (χ0v) is 8.79. The molecule has 0 bridgehead atoms. The number of rotatable bonds is 1. The lowest BCUT2D eigenvalue weighted by molar-refractivity contribution is -0.145. The smallest absolute Gasteiger partial charge is 0.260 e. The second kappa shape index (κ2) is 2.92. The summed E-state index contributed by atoms with van der Waals surface area (Å²) in [6.45, 7) is 6.02. The molecule has 4 heteroatoms. The minimum atomic E-state index is -1.33. The van der Waals surface area contributed by atoms with Crippen LogP contribution in [0.3, 0.4) is 0 Å². The second-order valence-corrected chi connectivity index (χ2v) is 4.51. The van der Waals surface area contributed by atoms with Crippen LogP contribution in [0.15, 0.2) is 0 Å². The Balaban J connectivity index is 2.30. The highest BCUT2D eigenvalue weighted by atomic mass is 19.1. The molecule has 14 heavy (non-hydrogen) atoms. The highest BCUT2D eigenvalue weighted by molar-refractivity contribution is 5.85. The van der Waals surface area contributed by atoms with E-state index in [2.05, 4.69) is 0 Å². The van der Waals surface area contributed by atoms with Gasteiger partial charge in [-0.25, -0.2) is 4.39 Å². The monoisotopic (exact) mass is 201 g/mol. The lowest BCUT2D eigenvalue weighted by Crippen LogP contribution is -2.44. The molecule has 0 radical (unpaired) electrons. The van der Waals surface area contributed by atoms with Crippen molar-refractivity contribution >= 4 is 5.91 Å². The summed E-state index contributed by atoms with van der Waals surface area (Å²) in [6, 6.07) is -0.0579. The number of hydrogen-bond acceptors (Lipinski definition) is 2. The van der Waals surface area contributed by atoms with Crippen molar-refractivity contribution in [1.29, 1.82) is 0 Å². The van der Waals surface area contributed by atoms with E-state index in [9.17, 15) is 9.18 Å². The number of hydrogen-bond donors (Lipinski definition) is 0. The SMILES string of the molecule is CCC1C2COC(C)(C)N2C(=O)[C@H]1F. The van der Waals surface area contributed by atoms with Gasteiger partial charge in [0.2, 0.25) is 0 Å². The standard InChI is InChI=1S/C10H16FNO2/c1-4-6-7-5-14-10(2,3)12(7)9(13)8(6)11/h6-8H,4-5H2,1-3H3/t6?,7?,8-/m0/s1. The fourth-order valence-corrected chi connectivity index (χ4v) is 2.57. The van der Waals surface area contributed by atoms with E-state index in [0.29, 0.717) is 13.0 Å². The van der Waals surface area contributed by atoms with Crippen molar-refractivity contribution in [2.45, 2.75) is 45.1 Å². The van der Waals surface area contributed by atoms with Crippen molar-refractivity contribution in [3.63, 3.8) is 0 Å². The Labute approximate surface area is 83.2 Å². The number of fused-ring (bicyclic) bond motifs is 1. The van der Waals surface area contributed by atoms with Gasteiger partial charge in [0.05, 0.1) is 12.6 Å². The molecule has 0 aromatic carbocycles. The molecule has 0 aromatic rings. The van der Waals surface area contributed by atoms with E-state index in [1.54, 1.807) is 4.90 Å². The molecule has 2 fully saturated rings. The molecular formula is C10H16FNO2. The van der Waals surface area contributed by atoms with Gasteiger partial charge in [-0.2, -0.15) is 0 Å². The van der Waals surface area contributed by atoms with E-state index in [0.717, 1.165) is 0 Å². The van der Waals surface area contributed by atoms with E-state index in [1.807, 2.05) is 20.8 Å². The van der Waals surface area contributed by atoms with Gasteiger partial charge in [-0.15, -0.1) is 0 Å². The van der Waals surface area contributed by atoms with E-state index < -0.39 is 17.8 Å². The van der Waals surface area contributed by atoms with Crippen molar-refractivity contribution in [2.75, 3.05) is 6.61 Å². The summed E-state index contributed by atoms with van der Waals surface area (Å²) < 4.78 is 19.1. The van der Waals surface area contributed by atoms with Crippen molar-refractivity contribution in [1.82, 2.24) is 4.90 Å². The number of nitrogens with zero attached hydrogens (tertiary/aromatic N) is 1. The highest BCUT2D eigenvalue weighted by Crippen LogP contribution is 2.41. The summed E-state index contributed by atoms with van der Waals surface area (Å²) in [5.74, 6) is -0.589. The van der Waals surface area contributed by atoms with Crippen LogP contribution in [0.5, 0.6) is 0 Å². The van der Waals surface area contributed by atoms with Crippen LogP contribution >= 0.6 is 0 Å². The Morgan fingerprint density at radius 2 is 2.29 bits per heavy atom. The zero-order valence-electron chi connectivity index (χ0n) is 8.79. The normalized spacial score (nSPS) is 40.4. The molecule has 3 nitrogen and oxygen atoms in total. The second-order valence-electron chi connectivity index (χ2n) is 4.51. The maximum absolute atomic E-state index is 13.6. The van der Waals surface area contributed by atoms with Gasteiger partial charge in [-0.1, -0.05) is 6.92 Å². The van der Waals surface area contributed by atoms with Crippen molar-refractivity contribution in [3.8, 4) is 0 Å². The van der Waals surface area contributed by atoms with Crippen LogP contribution < -0.4 is 0 Å². The van der Waals surface area contributed by atoms with Gasteiger partial charge < -0.3 is 9.64 Å². The fraction of sp³-hybridized carbons (Fsp3) is 0.900. The molecule has 3 atom stereocenters. The Bertz CT molecular complexity index is 267. The summed E-state index contributed by atoms with van der Waals surface area (Å²) in [5, 5.41) is 0. The highest BCUT2D eigenvalue weighted by Gasteiger charge is 2.56. The molecule has 2 aliphatic rings. The van der Waals surface area contributed by atoms with Crippen LogP contribution in [-0.2, 0) is 9.53 Å². The van der Waals surface area contributed by atoms with Crippen LogP contribution in [0.2, 0.25) is 0 Å². The summed E-state index contributed by atoms with van der Waals surface area (Å²) in [5.41, 5.74) is -0.629. The van der Waals surface area contributed by atoms with Crippen LogP contribution in [-0.4, -0.2) is 35.4 Å². The molecule has 0 aromatic heterocycles. The third-order valence-electron chi connectivity index (χ3n) is 3.33. The van der Waals surface area contributed by atoms with Gasteiger partial charge >= 0.3 is 0 Å².